The minimum Gasteiger partial charge on any atom is -0.494 e. The van der Waals surface area contributed by atoms with Crippen molar-refractivity contribution in [2.24, 2.45) is 5.84 Å². The van der Waals surface area contributed by atoms with Crippen LogP contribution in [0.4, 0.5) is 4.39 Å². The van der Waals surface area contributed by atoms with Crippen molar-refractivity contribution in [2.75, 3.05) is 7.11 Å². The summed E-state index contributed by atoms with van der Waals surface area (Å²) in [6, 6.07) is 11.0. The summed E-state index contributed by atoms with van der Waals surface area (Å²) >= 11 is 0. The van der Waals surface area contributed by atoms with Gasteiger partial charge in [-0.25, -0.2) is 4.39 Å². The molecule has 2 rings (SSSR count). The largest absolute Gasteiger partial charge is 0.494 e. The molecule has 112 valence electrons. The van der Waals surface area contributed by atoms with Crippen LogP contribution in [0.15, 0.2) is 36.4 Å². The Hall–Kier alpha value is -1.91. The highest BCUT2D eigenvalue weighted by atomic mass is 19.1. The molecule has 3 N–H and O–H groups in total. The van der Waals surface area contributed by atoms with Crippen molar-refractivity contribution in [2.45, 2.75) is 26.3 Å². The second-order valence-corrected chi connectivity index (χ2v) is 5.19. The van der Waals surface area contributed by atoms with Crippen LogP contribution in [0.3, 0.4) is 0 Å². The first-order valence-corrected chi connectivity index (χ1v) is 6.91. The lowest BCUT2D eigenvalue weighted by Crippen LogP contribution is -2.30. The van der Waals surface area contributed by atoms with Crippen LogP contribution in [0.2, 0.25) is 0 Å². The van der Waals surface area contributed by atoms with Gasteiger partial charge in [-0.05, 0) is 54.7 Å². The number of rotatable bonds is 5. The molecule has 0 aliphatic heterocycles. The van der Waals surface area contributed by atoms with Gasteiger partial charge in [0, 0.05) is 0 Å². The van der Waals surface area contributed by atoms with Gasteiger partial charge >= 0.3 is 0 Å². The number of benzene rings is 2. The molecule has 2 aromatic rings. The van der Waals surface area contributed by atoms with Gasteiger partial charge in [-0.1, -0.05) is 24.3 Å². The van der Waals surface area contributed by atoms with Crippen molar-refractivity contribution in [3.63, 3.8) is 0 Å². The molecule has 0 saturated heterocycles. The van der Waals surface area contributed by atoms with E-state index in [1.165, 1.54) is 29.9 Å². The average Bonchev–Trinajstić information content (AvgIpc) is 2.47. The minimum atomic E-state index is -0.378. The first-order valence-electron chi connectivity index (χ1n) is 6.91. The number of nitrogens with one attached hydrogen (secondary N) is 1. The maximum absolute atomic E-state index is 13.9. The van der Waals surface area contributed by atoms with E-state index in [1.54, 1.807) is 6.07 Å². The molecule has 3 nitrogen and oxygen atoms in total. The zero-order chi connectivity index (χ0) is 15.4. The smallest absolute Gasteiger partial charge is 0.165 e. The summed E-state index contributed by atoms with van der Waals surface area (Å²) in [5.41, 5.74) is 7.24. The zero-order valence-electron chi connectivity index (χ0n) is 12.6. The van der Waals surface area contributed by atoms with E-state index in [9.17, 15) is 4.39 Å². The number of hydrogen-bond donors (Lipinski definition) is 2. The first-order chi connectivity index (χ1) is 10.1. The summed E-state index contributed by atoms with van der Waals surface area (Å²) in [6.07, 6.45) is 0.709. The Morgan fingerprint density at radius 3 is 2.38 bits per heavy atom. The van der Waals surface area contributed by atoms with Gasteiger partial charge in [0.1, 0.15) is 0 Å². The maximum atomic E-state index is 13.9. The van der Waals surface area contributed by atoms with Gasteiger partial charge in [0.15, 0.2) is 11.6 Å². The lowest BCUT2D eigenvalue weighted by atomic mass is 9.93. The summed E-state index contributed by atoms with van der Waals surface area (Å²) in [7, 11) is 1.45. The van der Waals surface area contributed by atoms with E-state index in [1.807, 2.05) is 12.1 Å². The summed E-state index contributed by atoms with van der Waals surface area (Å²) in [5.74, 6) is 5.53. The predicted octanol–water partition coefficient (Wildman–Crippen LogP) is 3.20. The van der Waals surface area contributed by atoms with E-state index in [0.29, 0.717) is 6.42 Å². The van der Waals surface area contributed by atoms with Crippen molar-refractivity contribution in [1.29, 1.82) is 0 Å². The highest BCUT2D eigenvalue weighted by Crippen LogP contribution is 2.26. The fraction of sp³-hybridized carbons (Fsp3) is 0.294. The van der Waals surface area contributed by atoms with Crippen molar-refractivity contribution in [1.82, 2.24) is 5.43 Å². The van der Waals surface area contributed by atoms with Gasteiger partial charge in [-0.15, -0.1) is 0 Å². The minimum absolute atomic E-state index is 0.148. The third kappa shape index (κ3) is 3.40. The normalized spacial score (nSPS) is 12.2. The summed E-state index contributed by atoms with van der Waals surface area (Å²) in [6.45, 7) is 4.15. The van der Waals surface area contributed by atoms with Gasteiger partial charge in [-0.2, -0.15) is 0 Å². The van der Waals surface area contributed by atoms with E-state index < -0.39 is 0 Å². The molecule has 0 saturated carbocycles. The lowest BCUT2D eigenvalue weighted by Gasteiger charge is -2.19. The van der Waals surface area contributed by atoms with Crippen LogP contribution >= 0.6 is 0 Å². The number of hydrazine groups is 1. The fourth-order valence-electron chi connectivity index (χ4n) is 2.55. The molecular weight excluding hydrogens is 267 g/mol. The van der Waals surface area contributed by atoms with E-state index in [2.05, 4.69) is 31.4 Å². The Labute approximate surface area is 124 Å². The second-order valence-electron chi connectivity index (χ2n) is 5.19. The first kappa shape index (κ1) is 15.5. The quantitative estimate of drug-likeness (QED) is 0.656. The Kier molecular flexibility index (Phi) is 4.94. The summed E-state index contributed by atoms with van der Waals surface area (Å²) < 4.78 is 18.8. The molecule has 0 aliphatic carbocycles. The molecule has 2 aromatic carbocycles. The Morgan fingerprint density at radius 2 is 1.86 bits per heavy atom. The number of nitrogens with two attached hydrogens (primary N) is 1. The summed E-state index contributed by atoms with van der Waals surface area (Å²) in [4.78, 5) is 0. The van der Waals surface area contributed by atoms with Gasteiger partial charge in [0.05, 0.1) is 13.2 Å². The lowest BCUT2D eigenvalue weighted by molar-refractivity contribution is 0.385. The van der Waals surface area contributed by atoms with Crippen LogP contribution in [-0.2, 0) is 6.42 Å². The monoisotopic (exact) mass is 288 g/mol. The van der Waals surface area contributed by atoms with Gasteiger partial charge in [0.2, 0.25) is 0 Å². The number of methoxy groups -OCH3 is 1. The van der Waals surface area contributed by atoms with Crippen molar-refractivity contribution < 1.29 is 9.13 Å². The van der Waals surface area contributed by atoms with Crippen LogP contribution in [0, 0.1) is 19.7 Å². The molecular formula is C17H21FN2O. The number of aryl methyl sites for hydroxylation is 2. The van der Waals surface area contributed by atoms with E-state index in [-0.39, 0.29) is 17.6 Å². The molecule has 0 fully saturated rings. The van der Waals surface area contributed by atoms with E-state index >= 15 is 0 Å². The third-order valence-electron chi connectivity index (χ3n) is 3.83. The molecule has 0 bridgehead atoms. The molecule has 0 radical (unpaired) electrons. The number of ether oxygens (including phenoxy) is 1. The molecule has 0 heterocycles. The summed E-state index contributed by atoms with van der Waals surface area (Å²) in [5, 5.41) is 0. The molecule has 0 aliphatic rings. The molecule has 4 heteroatoms. The Balaban J connectivity index is 2.30. The standard InChI is InChI=1S/C17H21FN2O/c1-11-5-4-6-12(2)14(11)10-16(20-19)13-7-8-17(21-3)15(18)9-13/h4-9,16,20H,10,19H2,1-3H3. The average molecular weight is 288 g/mol. The predicted molar refractivity (Wildman–Crippen MR) is 82.6 cm³/mol. The van der Waals surface area contributed by atoms with Crippen LogP contribution < -0.4 is 16.0 Å². The van der Waals surface area contributed by atoms with Crippen LogP contribution in [0.25, 0.3) is 0 Å². The van der Waals surface area contributed by atoms with Gasteiger partial charge in [0.25, 0.3) is 0 Å². The van der Waals surface area contributed by atoms with Crippen LogP contribution in [0.1, 0.15) is 28.3 Å². The number of halogens is 1. The fourth-order valence-corrected chi connectivity index (χ4v) is 2.55. The highest BCUT2D eigenvalue weighted by Gasteiger charge is 2.15. The second kappa shape index (κ2) is 6.70. The van der Waals surface area contributed by atoms with Crippen molar-refractivity contribution in [3.8, 4) is 5.75 Å². The Bertz CT molecular complexity index is 608. The maximum Gasteiger partial charge on any atom is 0.165 e. The molecule has 1 atom stereocenters. The SMILES string of the molecule is COc1ccc(C(Cc2c(C)cccc2C)NN)cc1F. The molecule has 21 heavy (non-hydrogen) atoms. The molecule has 0 spiro atoms. The van der Waals surface area contributed by atoms with Gasteiger partial charge in [-0.3, -0.25) is 11.3 Å². The number of hydrogen-bond acceptors (Lipinski definition) is 3. The molecule has 0 amide bonds. The Morgan fingerprint density at radius 1 is 1.19 bits per heavy atom. The van der Waals surface area contributed by atoms with E-state index in [0.717, 1.165) is 5.56 Å². The topological polar surface area (TPSA) is 47.3 Å². The van der Waals surface area contributed by atoms with Crippen LogP contribution in [-0.4, -0.2) is 7.11 Å². The zero-order valence-corrected chi connectivity index (χ0v) is 12.6. The van der Waals surface area contributed by atoms with Crippen molar-refractivity contribution in [3.05, 3.63) is 64.5 Å². The highest BCUT2D eigenvalue weighted by molar-refractivity contribution is 5.37. The van der Waals surface area contributed by atoms with Crippen LogP contribution in [0.5, 0.6) is 5.75 Å². The van der Waals surface area contributed by atoms with E-state index in [4.69, 9.17) is 10.6 Å². The van der Waals surface area contributed by atoms with Gasteiger partial charge < -0.3 is 4.74 Å². The molecule has 1 unspecified atom stereocenters. The third-order valence-corrected chi connectivity index (χ3v) is 3.83. The van der Waals surface area contributed by atoms with Crippen molar-refractivity contribution >= 4 is 0 Å². The molecule has 0 aromatic heterocycles.